The number of aromatic nitrogens is 2. The topological polar surface area (TPSA) is 68.0 Å². The van der Waals surface area contributed by atoms with Crippen LogP contribution < -0.4 is 5.32 Å². The van der Waals surface area contributed by atoms with Crippen LogP contribution in [-0.2, 0) is 0 Å². The Hall–Kier alpha value is -3.47. The van der Waals surface area contributed by atoms with Gasteiger partial charge in [0.2, 0.25) is 11.6 Å². The first-order chi connectivity index (χ1) is 11.8. The summed E-state index contributed by atoms with van der Waals surface area (Å²) >= 11 is 0. The SMILES string of the molecule is C.O=C(Nc1ccccc1-c1nc2cccnc2o1)c1ccccc1. The van der Waals surface area contributed by atoms with Crippen molar-refractivity contribution in [3.63, 3.8) is 0 Å². The average Bonchev–Trinajstić information content (AvgIpc) is 3.07. The molecule has 1 amide bonds. The number of nitrogens with one attached hydrogen (secondary N) is 1. The molecule has 0 spiro atoms. The normalized spacial score (nSPS) is 10.2. The number of para-hydroxylation sites is 1. The van der Waals surface area contributed by atoms with Crippen LogP contribution in [0.2, 0.25) is 0 Å². The molecule has 25 heavy (non-hydrogen) atoms. The molecule has 0 atom stereocenters. The van der Waals surface area contributed by atoms with Crippen molar-refractivity contribution in [1.82, 2.24) is 9.97 Å². The summed E-state index contributed by atoms with van der Waals surface area (Å²) in [5.74, 6) is 0.241. The number of rotatable bonds is 3. The van der Waals surface area contributed by atoms with Gasteiger partial charge < -0.3 is 9.73 Å². The van der Waals surface area contributed by atoms with Crippen LogP contribution in [0.5, 0.6) is 0 Å². The van der Waals surface area contributed by atoms with Gasteiger partial charge in [-0.15, -0.1) is 0 Å². The number of benzene rings is 2. The van der Waals surface area contributed by atoms with E-state index in [-0.39, 0.29) is 13.3 Å². The van der Waals surface area contributed by atoms with E-state index < -0.39 is 0 Å². The van der Waals surface area contributed by atoms with Gasteiger partial charge in [0.05, 0.1) is 11.3 Å². The van der Waals surface area contributed by atoms with Gasteiger partial charge in [0, 0.05) is 11.8 Å². The molecule has 0 saturated carbocycles. The smallest absolute Gasteiger partial charge is 0.255 e. The highest BCUT2D eigenvalue weighted by Gasteiger charge is 2.14. The second kappa shape index (κ2) is 6.97. The lowest BCUT2D eigenvalue weighted by Crippen LogP contribution is -2.12. The van der Waals surface area contributed by atoms with E-state index in [0.717, 1.165) is 0 Å². The van der Waals surface area contributed by atoms with Crippen LogP contribution in [-0.4, -0.2) is 15.9 Å². The lowest BCUT2D eigenvalue weighted by molar-refractivity contribution is 0.102. The van der Waals surface area contributed by atoms with Crippen LogP contribution in [0.4, 0.5) is 5.69 Å². The molecule has 5 heteroatoms. The third-order valence-corrected chi connectivity index (χ3v) is 3.61. The highest BCUT2D eigenvalue weighted by molar-refractivity contribution is 6.06. The van der Waals surface area contributed by atoms with Crippen LogP contribution in [0.3, 0.4) is 0 Å². The summed E-state index contributed by atoms with van der Waals surface area (Å²) in [7, 11) is 0. The molecule has 4 rings (SSSR count). The van der Waals surface area contributed by atoms with Crippen LogP contribution >= 0.6 is 0 Å². The van der Waals surface area contributed by atoms with Crippen LogP contribution in [0.15, 0.2) is 77.3 Å². The summed E-state index contributed by atoms with van der Waals surface area (Å²) in [6, 6.07) is 20.1. The van der Waals surface area contributed by atoms with E-state index in [1.54, 1.807) is 24.4 Å². The molecular weight excluding hydrogens is 314 g/mol. The van der Waals surface area contributed by atoms with E-state index in [1.807, 2.05) is 48.5 Å². The van der Waals surface area contributed by atoms with E-state index in [4.69, 9.17) is 4.42 Å². The maximum atomic E-state index is 12.4. The molecule has 0 unspecified atom stereocenters. The van der Waals surface area contributed by atoms with Crippen molar-refractivity contribution in [2.45, 2.75) is 7.43 Å². The van der Waals surface area contributed by atoms with Gasteiger partial charge in [-0.2, -0.15) is 0 Å². The van der Waals surface area contributed by atoms with Gasteiger partial charge in [-0.3, -0.25) is 4.79 Å². The minimum absolute atomic E-state index is 0. The zero-order valence-electron chi connectivity index (χ0n) is 12.6. The number of carbonyl (C=O) groups is 1. The van der Waals surface area contributed by atoms with E-state index >= 15 is 0 Å². The van der Waals surface area contributed by atoms with Crippen LogP contribution in [0.1, 0.15) is 17.8 Å². The molecule has 0 saturated heterocycles. The van der Waals surface area contributed by atoms with Crippen molar-refractivity contribution in [1.29, 1.82) is 0 Å². The summed E-state index contributed by atoms with van der Waals surface area (Å²) in [5, 5.41) is 2.91. The van der Waals surface area contributed by atoms with Gasteiger partial charge in [0.25, 0.3) is 5.91 Å². The summed E-state index contributed by atoms with van der Waals surface area (Å²) in [6.07, 6.45) is 1.65. The number of fused-ring (bicyclic) bond motifs is 1. The predicted octanol–water partition coefficient (Wildman–Crippen LogP) is 4.78. The van der Waals surface area contributed by atoms with Gasteiger partial charge in [-0.1, -0.05) is 37.8 Å². The number of amides is 1. The molecule has 0 aliphatic rings. The summed E-state index contributed by atoms with van der Waals surface area (Å²) < 4.78 is 5.71. The molecule has 5 nitrogen and oxygen atoms in total. The number of anilines is 1. The second-order valence-corrected chi connectivity index (χ2v) is 5.21. The van der Waals surface area contributed by atoms with E-state index in [9.17, 15) is 4.79 Å². The highest BCUT2D eigenvalue weighted by Crippen LogP contribution is 2.29. The molecule has 0 bridgehead atoms. The zero-order chi connectivity index (χ0) is 16.4. The third-order valence-electron chi connectivity index (χ3n) is 3.61. The Kier molecular flexibility index (Phi) is 4.57. The van der Waals surface area contributed by atoms with Crippen LogP contribution in [0.25, 0.3) is 22.7 Å². The van der Waals surface area contributed by atoms with E-state index in [0.29, 0.717) is 33.9 Å². The summed E-state index contributed by atoms with van der Waals surface area (Å²) in [5.41, 5.74) is 3.08. The quantitative estimate of drug-likeness (QED) is 0.587. The maximum absolute atomic E-state index is 12.4. The fourth-order valence-electron chi connectivity index (χ4n) is 2.45. The second-order valence-electron chi connectivity index (χ2n) is 5.21. The Morgan fingerprint density at radius 1 is 0.920 bits per heavy atom. The number of oxazole rings is 1. The number of carbonyl (C=O) groups excluding carboxylic acids is 1. The maximum Gasteiger partial charge on any atom is 0.255 e. The first-order valence-corrected chi connectivity index (χ1v) is 7.48. The predicted molar refractivity (Wildman–Crippen MR) is 98.4 cm³/mol. The van der Waals surface area contributed by atoms with Crippen molar-refractivity contribution in [2.24, 2.45) is 0 Å². The lowest BCUT2D eigenvalue weighted by Gasteiger charge is -2.08. The van der Waals surface area contributed by atoms with Gasteiger partial charge in [0.15, 0.2) is 0 Å². The fraction of sp³-hybridized carbons (Fsp3) is 0.0500. The Morgan fingerprint density at radius 3 is 2.48 bits per heavy atom. The van der Waals surface area contributed by atoms with E-state index in [2.05, 4.69) is 15.3 Å². The molecule has 2 heterocycles. The fourth-order valence-corrected chi connectivity index (χ4v) is 2.45. The molecule has 0 aliphatic carbocycles. The molecule has 1 N–H and O–H groups in total. The van der Waals surface area contributed by atoms with Crippen molar-refractivity contribution < 1.29 is 9.21 Å². The largest absolute Gasteiger partial charge is 0.418 e. The van der Waals surface area contributed by atoms with Gasteiger partial charge in [-0.25, -0.2) is 9.97 Å². The number of hydrogen-bond donors (Lipinski definition) is 1. The van der Waals surface area contributed by atoms with Crippen molar-refractivity contribution in [2.75, 3.05) is 5.32 Å². The highest BCUT2D eigenvalue weighted by atomic mass is 16.4. The molecule has 2 aromatic heterocycles. The lowest BCUT2D eigenvalue weighted by atomic mass is 10.1. The molecule has 0 radical (unpaired) electrons. The Labute approximate surface area is 145 Å². The van der Waals surface area contributed by atoms with Crippen LogP contribution in [0, 0.1) is 0 Å². The monoisotopic (exact) mass is 331 g/mol. The number of pyridine rings is 1. The third kappa shape index (κ3) is 3.26. The van der Waals surface area contributed by atoms with Crippen molar-refractivity contribution >= 4 is 22.8 Å². The molecule has 124 valence electrons. The Balaban J connectivity index is 0.00000182. The molecule has 0 fully saturated rings. The minimum Gasteiger partial charge on any atom is -0.418 e. The molecule has 4 aromatic rings. The van der Waals surface area contributed by atoms with Crippen molar-refractivity contribution in [3.8, 4) is 11.5 Å². The van der Waals surface area contributed by atoms with Crippen molar-refractivity contribution in [3.05, 3.63) is 78.5 Å². The first kappa shape index (κ1) is 16.4. The molecule has 0 aliphatic heterocycles. The number of hydrogen-bond acceptors (Lipinski definition) is 4. The summed E-state index contributed by atoms with van der Waals surface area (Å²) in [6.45, 7) is 0. The average molecular weight is 331 g/mol. The standard InChI is InChI=1S/C19H13N3O2.CH4/c23-17(13-7-2-1-3-8-13)21-15-10-5-4-9-14(15)18-22-16-11-6-12-20-19(16)24-18;/h1-12H,(H,21,23);1H4. The van der Waals surface area contributed by atoms with Gasteiger partial charge >= 0.3 is 0 Å². The zero-order valence-corrected chi connectivity index (χ0v) is 12.6. The van der Waals surface area contributed by atoms with Gasteiger partial charge in [0.1, 0.15) is 5.52 Å². The molecular formula is C20H17N3O2. The number of nitrogens with zero attached hydrogens (tertiary/aromatic N) is 2. The Bertz CT molecular complexity index is 977. The Morgan fingerprint density at radius 2 is 1.68 bits per heavy atom. The summed E-state index contributed by atoms with van der Waals surface area (Å²) in [4.78, 5) is 21.0. The molecule has 2 aromatic carbocycles. The van der Waals surface area contributed by atoms with Gasteiger partial charge in [-0.05, 0) is 36.4 Å². The van der Waals surface area contributed by atoms with E-state index in [1.165, 1.54) is 0 Å². The minimum atomic E-state index is -0.183. The first-order valence-electron chi connectivity index (χ1n) is 7.48.